The van der Waals surface area contributed by atoms with E-state index in [1.807, 2.05) is 13.8 Å². The zero-order valence-corrected chi connectivity index (χ0v) is 12.1. The lowest BCUT2D eigenvalue weighted by molar-refractivity contribution is -0.142. The summed E-state index contributed by atoms with van der Waals surface area (Å²) in [5.41, 5.74) is 0.714. The first kappa shape index (κ1) is 16.0. The molecule has 19 heavy (non-hydrogen) atoms. The van der Waals surface area contributed by atoms with Crippen molar-refractivity contribution in [2.45, 2.75) is 38.5 Å². The standard InChI is InChI=1S/C14H20ClNO3/c1-9(2)16-12(8-13(17)19-3)14(18)10-4-6-11(15)7-5-10/h4-7,9,12,14,16,18H,8H2,1-3H3. The van der Waals surface area contributed by atoms with Gasteiger partial charge >= 0.3 is 5.97 Å². The highest BCUT2D eigenvalue weighted by Crippen LogP contribution is 2.21. The van der Waals surface area contributed by atoms with Crippen LogP contribution in [0.1, 0.15) is 31.9 Å². The van der Waals surface area contributed by atoms with Crippen LogP contribution < -0.4 is 5.32 Å². The zero-order chi connectivity index (χ0) is 14.4. The molecule has 2 unspecified atom stereocenters. The monoisotopic (exact) mass is 285 g/mol. The number of aliphatic hydroxyl groups excluding tert-OH is 1. The molecule has 0 fully saturated rings. The van der Waals surface area contributed by atoms with Gasteiger partial charge in [0.1, 0.15) is 0 Å². The first-order valence-electron chi connectivity index (χ1n) is 6.20. The number of benzene rings is 1. The van der Waals surface area contributed by atoms with Gasteiger partial charge in [0.05, 0.1) is 19.6 Å². The molecule has 0 bridgehead atoms. The van der Waals surface area contributed by atoms with Crippen molar-refractivity contribution in [3.63, 3.8) is 0 Å². The highest BCUT2D eigenvalue weighted by atomic mass is 35.5. The van der Waals surface area contributed by atoms with Gasteiger partial charge in [0.2, 0.25) is 0 Å². The molecule has 0 aromatic heterocycles. The summed E-state index contributed by atoms with van der Waals surface area (Å²) >= 11 is 5.82. The van der Waals surface area contributed by atoms with E-state index in [0.717, 1.165) is 0 Å². The summed E-state index contributed by atoms with van der Waals surface area (Å²) in [5, 5.41) is 14.1. The zero-order valence-electron chi connectivity index (χ0n) is 11.4. The molecule has 0 saturated carbocycles. The van der Waals surface area contributed by atoms with E-state index in [0.29, 0.717) is 10.6 Å². The lowest BCUT2D eigenvalue weighted by Crippen LogP contribution is -2.41. The number of aliphatic hydroxyl groups is 1. The average molecular weight is 286 g/mol. The maximum Gasteiger partial charge on any atom is 0.307 e. The number of hydrogen-bond donors (Lipinski definition) is 2. The van der Waals surface area contributed by atoms with Crippen LogP contribution in [0, 0.1) is 0 Å². The van der Waals surface area contributed by atoms with Gasteiger partial charge in [-0.2, -0.15) is 0 Å². The SMILES string of the molecule is COC(=O)CC(NC(C)C)C(O)c1ccc(Cl)cc1. The van der Waals surface area contributed by atoms with Crippen LogP contribution in [0.2, 0.25) is 5.02 Å². The first-order valence-corrected chi connectivity index (χ1v) is 6.58. The van der Waals surface area contributed by atoms with Crippen LogP contribution in [0.15, 0.2) is 24.3 Å². The summed E-state index contributed by atoms with van der Waals surface area (Å²) in [4.78, 5) is 11.4. The Labute approximate surface area is 118 Å². The van der Waals surface area contributed by atoms with E-state index in [2.05, 4.69) is 10.1 Å². The van der Waals surface area contributed by atoms with E-state index in [-0.39, 0.29) is 18.4 Å². The van der Waals surface area contributed by atoms with E-state index in [9.17, 15) is 9.90 Å². The van der Waals surface area contributed by atoms with Gasteiger partial charge in [-0.1, -0.05) is 37.6 Å². The third-order valence-corrected chi connectivity index (χ3v) is 3.01. The van der Waals surface area contributed by atoms with Gasteiger partial charge in [-0.3, -0.25) is 4.79 Å². The van der Waals surface area contributed by atoms with Gasteiger partial charge in [-0.05, 0) is 17.7 Å². The summed E-state index contributed by atoms with van der Waals surface area (Å²) in [6, 6.07) is 6.68. The van der Waals surface area contributed by atoms with Crippen molar-refractivity contribution < 1.29 is 14.6 Å². The van der Waals surface area contributed by atoms with Gasteiger partial charge in [-0.25, -0.2) is 0 Å². The minimum absolute atomic E-state index is 0.110. The fourth-order valence-corrected chi connectivity index (χ4v) is 1.97. The molecular weight excluding hydrogens is 266 g/mol. The number of halogens is 1. The summed E-state index contributed by atoms with van der Waals surface area (Å²) < 4.78 is 4.66. The highest BCUT2D eigenvalue weighted by Gasteiger charge is 2.24. The number of methoxy groups -OCH3 is 1. The summed E-state index contributed by atoms with van der Waals surface area (Å²) in [6.45, 7) is 3.91. The lowest BCUT2D eigenvalue weighted by atomic mass is 9.99. The second-order valence-corrected chi connectivity index (χ2v) is 5.14. The number of nitrogens with one attached hydrogen (secondary N) is 1. The summed E-state index contributed by atoms with van der Waals surface area (Å²) in [5.74, 6) is -0.355. The number of carbonyl (C=O) groups excluding carboxylic acids is 1. The van der Waals surface area contributed by atoms with Gasteiger partial charge in [0.25, 0.3) is 0 Å². The third-order valence-electron chi connectivity index (χ3n) is 2.75. The van der Waals surface area contributed by atoms with E-state index < -0.39 is 12.1 Å². The minimum atomic E-state index is -0.793. The van der Waals surface area contributed by atoms with E-state index >= 15 is 0 Å². The third kappa shape index (κ3) is 5.19. The van der Waals surface area contributed by atoms with Crippen molar-refractivity contribution in [2.75, 3.05) is 7.11 Å². The molecule has 0 saturated heterocycles. The van der Waals surface area contributed by atoms with Crippen LogP contribution in [0.25, 0.3) is 0 Å². The van der Waals surface area contributed by atoms with Crippen molar-refractivity contribution in [1.29, 1.82) is 0 Å². The van der Waals surface area contributed by atoms with Crippen LogP contribution in [0.5, 0.6) is 0 Å². The molecule has 1 aromatic rings. The molecule has 0 aliphatic rings. The molecule has 4 nitrogen and oxygen atoms in total. The molecule has 5 heteroatoms. The summed E-state index contributed by atoms with van der Waals surface area (Å²) in [6.07, 6.45) is -0.683. The molecule has 106 valence electrons. The molecule has 0 aliphatic heterocycles. The number of esters is 1. The van der Waals surface area contributed by atoms with Crippen LogP contribution in [-0.4, -0.2) is 30.3 Å². The van der Waals surface area contributed by atoms with Gasteiger partial charge < -0.3 is 15.2 Å². The van der Waals surface area contributed by atoms with E-state index in [1.54, 1.807) is 24.3 Å². The van der Waals surface area contributed by atoms with Crippen molar-refractivity contribution in [1.82, 2.24) is 5.32 Å². The lowest BCUT2D eigenvalue weighted by Gasteiger charge is -2.25. The van der Waals surface area contributed by atoms with E-state index in [1.165, 1.54) is 7.11 Å². The smallest absolute Gasteiger partial charge is 0.307 e. The van der Waals surface area contributed by atoms with Crippen molar-refractivity contribution in [3.05, 3.63) is 34.9 Å². The molecule has 0 heterocycles. The molecule has 2 N–H and O–H groups in total. The Balaban J connectivity index is 2.83. The fraction of sp³-hybridized carbons (Fsp3) is 0.500. The van der Waals surface area contributed by atoms with Gasteiger partial charge in [0.15, 0.2) is 0 Å². The molecule has 2 atom stereocenters. The molecule has 1 rings (SSSR count). The second-order valence-electron chi connectivity index (χ2n) is 4.70. The topological polar surface area (TPSA) is 58.6 Å². The molecule has 0 aliphatic carbocycles. The van der Waals surface area contributed by atoms with Crippen LogP contribution in [0.3, 0.4) is 0 Å². The van der Waals surface area contributed by atoms with Crippen LogP contribution >= 0.6 is 11.6 Å². The number of rotatable bonds is 6. The van der Waals surface area contributed by atoms with Gasteiger partial charge in [-0.15, -0.1) is 0 Å². The number of carbonyl (C=O) groups is 1. The predicted octanol–water partition coefficient (Wildman–Crippen LogP) is 2.30. The Morgan fingerprint density at radius 3 is 2.42 bits per heavy atom. The Morgan fingerprint density at radius 1 is 1.37 bits per heavy atom. The molecule has 0 amide bonds. The Hall–Kier alpha value is -1.10. The maximum absolute atomic E-state index is 11.4. The quantitative estimate of drug-likeness (QED) is 0.788. The predicted molar refractivity (Wildman–Crippen MR) is 75.1 cm³/mol. The Kier molecular flexibility index (Phi) is 6.28. The first-order chi connectivity index (χ1) is 8.93. The van der Waals surface area contributed by atoms with Crippen molar-refractivity contribution in [3.8, 4) is 0 Å². The molecule has 0 radical (unpaired) electrons. The average Bonchev–Trinajstić information content (AvgIpc) is 2.37. The molecular formula is C14H20ClNO3. The van der Waals surface area contributed by atoms with Crippen molar-refractivity contribution >= 4 is 17.6 Å². The molecule has 1 aromatic carbocycles. The Morgan fingerprint density at radius 2 is 1.95 bits per heavy atom. The minimum Gasteiger partial charge on any atom is -0.469 e. The van der Waals surface area contributed by atoms with Gasteiger partial charge in [0, 0.05) is 17.1 Å². The summed E-state index contributed by atoms with van der Waals surface area (Å²) in [7, 11) is 1.34. The highest BCUT2D eigenvalue weighted by molar-refractivity contribution is 6.30. The largest absolute Gasteiger partial charge is 0.469 e. The normalized spacial score (nSPS) is 14.2. The number of ether oxygens (including phenoxy) is 1. The fourth-order valence-electron chi connectivity index (χ4n) is 1.85. The number of hydrogen-bond acceptors (Lipinski definition) is 4. The van der Waals surface area contributed by atoms with Crippen LogP contribution in [0.4, 0.5) is 0 Å². The van der Waals surface area contributed by atoms with Crippen molar-refractivity contribution in [2.24, 2.45) is 0 Å². The maximum atomic E-state index is 11.4. The second kappa shape index (κ2) is 7.48. The van der Waals surface area contributed by atoms with E-state index in [4.69, 9.17) is 11.6 Å². The molecule has 0 spiro atoms. The van der Waals surface area contributed by atoms with Crippen LogP contribution in [-0.2, 0) is 9.53 Å². The Bertz CT molecular complexity index is 406.